The summed E-state index contributed by atoms with van der Waals surface area (Å²) in [6, 6.07) is 8.26. The summed E-state index contributed by atoms with van der Waals surface area (Å²) >= 11 is 1.80. The van der Waals surface area contributed by atoms with E-state index in [1.807, 2.05) is 0 Å². The molecule has 1 aliphatic rings. The maximum Gasteiger partial charge on any atom is 0.215 e. The Kier molecular flexibility index (Phi) is 10.1. The average Bonchev–Trinajstić information content (AvgIpc) is 2.60. The molecule has 1 heterocycles. The molecular weight excluding hydrogens is 471 g/mol. The van der Waals surface area contributed by atoms with E-state index in [-0.39, 0.29) is 29.7 Å². The fourth-order valence-corrected chi connectivity index (χ4v) is 4.86. The van der Waals surface area contributed by atoms with E-state index in [2.05, 4.69) is 46.8 Å². The van der Waals surface area contributed by atoms with Gasteiger partial charge in [0.25, 0.3) is 0 Å². The van der Waals surface area contributed by atoms with Gasteiger partial charge < -0.3 is 10.6 Å². The minimum Gasteiger partial charge on any atom is -0.355 e. The number of rotatable bonds is 6. The summed E-state index contributed by atoms with van der Waals surface area (Å²) < 4.78 is 26.2. The largest absolute Gasteiger partial charge is 0.355 e. The maximum atomic E-state index is 12.3. The van der Waals surface area contributed by atoms with Crippen LogP contribution in [0.1, 0.15) is 11.1 Å². The quantitative estimate of drug-likeness (QED) is 0.355. The molecule has 1 aliphatic heterocycles. The first-order valence-electron chi connectivity index (χ1n) is 8.07. The van der Waals surface area contributed by atoms with Gasteiger partial charge in [0, 0.05) is 44.7 Å². The lowest BCUT2D eigenvalue weighted by Gasteiger charge is -2.25. The maximum absolute atomic E-state index is 12.3. The molecule has 0 aromatic heterocycles. The Balaban J connectivity index is 0.00000312. The van der Waals surface area contributed by atoms with Crippen LogP contribution in [0.3, 0.4) is 0 Å². The molecule has 0 atom stereocenters. The number of aliphatic imine (C=N–C) groups is 1. The van der Waals surface area contributed by atoms with Crippen LogP contribution in [0.2, 0.25) is 0 Å². The minimum atomic E-state index is -3.18. The molecule has 2 N–H and O–H groups in total. The molecule has 1 aromatic rings. The van der Waals surface area contributed by atoms with Gasteiger partial charge in [0.2, 0.25) is 10.0 Å². The fraction of sp³-hybridized carbons (Fsp3) is 0.562. The Morgan fingerprint density at radius 2 is 1.84 bits per heavy atom. The van der Waals surface area contributed by atoms with E-state index in [0.717, 1.165) is 17.1 Å². The zero-order valence-electron chi connectivity index (χ0n) is 14.7. The molecule has 1 aromatic carbocycles. The molecule has 0 spiro atoms. The molecule has 0 aliphatic carbocycles. The third-order valence-electron chi connectivity index (χ3n) is 3.82. The molecule has 2 rings (SSSR count). The first kappa shape index (κ1) is 22.5. The number of aryl methyl sites for hydroxylation is 1. The third kappa shape index (κ3) is 7.71. The van der Waals surface area contributed by atoms with Crippen LogP contribution in [0, 0.1) is 6.92 Å². The predicted molar refractivity (Wildman–Crippen MR) is 117 cm³/mol. The van der Waals surface area contributed by atoms with Crippen molar-refractivity contribution in [2.45, 2.75) is 13.5 Å². The highest BCUT2D eigenvalue weighted by molar-refractivity contribution is 14.0. The van der Waals surface area contributed by atoms with Crippen molar-refractivity contribution in [2.24, 2.45) is 4.99 Å². The monoisotopic (exact) mass is 498 g/mol. The normalized spacial score (nSPS) is 16.2. The van der Waals surface area contributed by atoms with Crippen LogP contribution in [-0.4, -0.2) is 62.6 Å². The molecule has 6 nitrogen and oxygen atoms in total. The standard InChI is InChI=1S/C16H26N4O2S2.HI/c1-14-3-5-15(6-4-14)13-19-16(17-2)18-7-12-24(21,22)20-8-10-23-11-9-20;/h3-6H,7-13H2,1-2H3,(H2,17,18,19);1H. The van der Waals surface area contributed by atoms with E-state index in [1.165, 1.54) is 5.56 Å². The number of nitrogens with one attached hydrogen (secondary N) is 2. The van der Waals surface area contributed by atoms with Crippen molar-refractivity contribution in [3.63, 3.8) is 0 Å². The van der Waals surface area contributed by atoms with Crippen molar-refractivity contribution < 1.29 is 8.42 Å². The van der Waals surface area contributed by atoms with Crippen LogP contribution in [0.25, 0.3) is 0 Å². The number of hydrogen-bond acceptors (Lipinski definition) is 4. The van der Waals surface area contributed by atoms with Gasteiger partial charge in [-0.1, -0.05) is 29.8 Å². The molecule has 25 heavy (non-hydrogen) atoms. The molecule has 0 unspecified atom stereocenters. The summed E-state index contributed by atoms with van der Waals surface area (Å²) in [6.07, 6.45) is 0. The summed E-state index contributed by atoms with van der Waals surface area (Å²) in [5.41, 5.74) is 2.38. The van der Waals surface area contributed by atoms with E-state index in [1.54, 1.807) is 23.1 Å². The summed E-state index contributed by atoms with van der Waals surface area (Å²) in [7, 11) is -1.50. The van der Waals surface area contributed by atoms with Gasteiger partial charge >= 0.3 is 0 Å². The first-order chi connectivity index (χ1) is 11.5. The molecule has 9 heteroatoms. The second-order valence-electron chi connectivity index (χ2n) is 5.67. The molecule has 0 amide bonds. The molecule has 1 saturated heterocycles. The average molecular weight is 498 g/mol. The van der Waals surface area contributed by atoms with Gasteiger partial charge in [0.1, 0.15) is 0 Å². The van der Waals surface area contributed by atoms with E-state index in [4.69, 9.17) is 0 Å². The number of nitrogens with zero attached hydrogens (tertiary/aromatic N) is 2. The van der Waals surface area contributed by atoms with Crippen molar-refractivity contribution in [1.82, 2.24) is 14.9 Å². The van der Waals surface area contributed by atoms with Crippen molar-refractivity contribution >= 4 is 51.7 Å². The smallest absolute Gasteiger partial charge is 0.215 e. The molecule has 1 fully saturated rings. The number of guanidine groups is 1. The van der Waals surface area contributed by atoms with Gasteiger partial charge in [-0.05, 0) is 12.5 Å². The Morgan fingerprint density at radius 3 is 2.44 bits per heavy atom. The number of hydrogen-bond donors (Lipinski definition) is 2. The number of sulfonamides is 1. The highest BCUT2D eigenvalue weighted by Crippen LogP contribution is 2.12. The minimum absolute atomic E-state index is 0. The van der Waals surface area contributed by atoms with E-state index in [9.17, 15) is 8.42 Å². The fourth-order valence-electron chi connectivity index (χ4n) is 2.36. The van der Waals surface area contributed by atoms with Gasteiger partial charge in [-0.2, -0.15) is 11.8 Å². The number of halogens is 1. The van der Waals surface area contributed by atoms with Crippen molar-refractivity contribution in [3.05, 3.63) is 35.4 Å². The van der Waals surface area contributed by atoms with E-state index >= 15 is 0 Å². The van der Waals surface area contributed by atoms with Gasteiger partial charge in [-0.3, -0.25) is 4.99 Å². The summed E-state index contributed by atoms with van der Waals surface area (Å²) in [6.45, 7) is 4.29. The lowest BCUT2D eigenvalue weighted by Crippen LogP contribution is -2.44. The molecule has 142 valence electrons. The molecule has 0 bridgehead atoms. The Hall–Kier alpha value is -0.520. The highest BCUT2D eigenvalue weighted by atomic mass is 127. The highest BCUT2D eigenvalue weighted by Gasteiger charge is 2.23. The van der Waals surface area contributed by atoms with E-state index in [0.29, 0.717) is 32.1 Å². The SMILES string of the molecule is CN=C(NCCS(=O)(=O)N1CCSCC1)NCc1ccc(C)cc1.I. The predicted octanol–water partition coefficient (Wildman–Crippen LogP) is 1.66. The topological polar surface area (TPSA) is 73.8 Å². The molecule has 0 saturated carbocycles. The lowest BCUT2D eigenvalue weighted by atomic mass is 10.1. The molecular formula is C16H27IN4O2S2. The first-order valence-corrected chi connectivity index (χ1v) is 10.8. The second kappa shape index (κ2) is 11.2. The lowest BCUT2D eigenvalue weighted by molar-refractivity contribution is 0.443. The Bertz CT molecular complexity index is 645. The van der Waals surface area contributed by atoms with Crippen molar-refractivity contribution in [3.8, 4) is 0 Å². The third-order valence-corrected chi connectivity index (χ3v) is 6.63. The van der Waals surface area contributed by atoms with Crippen LogP contribution < -0.4 is 10.6 Å². The van der Waals surface area contributed by atoms with Gasteiger partial charge in [0.05, 0.1) is 5.75 Å². The van der Waals surface area contributed by atoms with Gasteiger partial charge in [-0.25, -0.2) is 12.7 Å². The van der Waals surface area contributed by atoms with Crippen molar-refractivity contribution in [2.75, 3.05) is 43.9 Å². The summed E-state index contributed by atoms with van der Waals surface area (Å²) in [4.78, 5) is 4.14. The van der Waals surface area contributed by atoms with Crippen LogP contribution in [0.4, 0.5) is 0 Å². The zero-order chi connectivity index (χ0) is 17.4. The van der Waals surface area contributed by atoms with Gasteiger partial charge in [0.15, 0.2) is 5.96 Å². The van der Waals surface area contributed by atoms with E-state index < -0.39 is 10.0 Å². The molecule has 0 radical (unpaired) electrons. The zero-order valence-corrected chi connectivity index (χ0v) is 18.7. The summed E-state index contributed by atoms with van der Waals surface area (Å²) in [5, 5.41) is 6.27. The van der Waals surface area contributed by atoms with Crippen LogP contribution in [0.5, 0.6) is 0 Å². The van der Waals surface area contributed by atoms with Crippen molar-refractivity contribution in [1.29, 1.82) is 0 Å². The van der Waals surface area contributed by atoms with Crippen LogP contribution in [-0.2, 0) is 16.6 Å². The van der Waals surface area contributed by atoms with Gasteiger partial charge in [-0.15, -0.1) is 24.0 Å². The Labute approximate surface area is 172 Å². The Morgan fingerprint density at radius 1 is 1.20 bits per heavy atom. The second-order valence-corrected chi connectivity index (χ2v) is 8.98. The number of thioether (sulfide) groups is 1. The number of benzene rings is 1. The van der Waals surface area contributed by atoms with Crippen LogP contribution in [0.15, 0.2) is 29.3 Å². The summed E-state index contributed by atoms with van der Waals surface area (Å²) in [5.74, 6) is 2.46. The van der Waals surface area contributed by atoms with Crippen LogP contribution >= 0.6 is 35.7 Å².